The number of aryl methyl sites for hydroxylation is 1. The molecular weight excluding hydrogens is 198 g/mol. The maximum absolute atomic E-state index is 4.26. The number of hydrogen-bond donors (Lipinski definition) is 1. The summed E-state index contributed by atoms with van der Waals surface area (Å²) in [5, 5.41) is 3.51. The fourth-order valence-electron chi connectivity index (χ4n) is 1.79. The van der Waals surface area contributed by atoms with Gasteiger partial charge >= 0.3 is 0 Å². The predicted molar refractivity (Wildman–Crippen MR) is 68.6 cm³/mol. The zero-order valence-corrected chi connectivity index (χ0v) is 10.8. The summed E-state index contributed by atoms with van der Waals surface area (Å²) in [6.07, 6.45) is 4.99. The number of rotatable bonds is 6. The topological polar surface area (TPSA) is 28.2 Å². The summed E-state index contributed by atoms with van der Waals surface area (Å²) in [7, 11) is 4.22. The van der Waals surface area contributed by atoms with E-state index in [1.54, 1.807) is 0 Å². The summed E-state index contributed by atoms with van der Waals surface area (Å²) in [6.45, 7) is 6.31. The second kappa shape index (κ2) is 6.61. The number of pyridine rings is 1. The predicted octanol–water partition coefficient (Wildman–Crippen LogP) is 1.99. The van der Waals surface area contributed by atoms with Gasteiger partial charge in [-0.2, -0.15) is 0 Å². The van der Waals surface area contributed by atoms with Crippen LogP contribution in [-0.4, -0.2) is 37.1 Å². The van der Waals surface area contributed by atoms with Crippen molar-refractivity contribution in [3.05, 3.63) is 29.6 Å². The van der Waals surface area contributed by atoms with Gasteiger partial charge in [0.25, 0.3) is 0 Å². The van der Waals surface area contributed by atoms with Crippen LogP contribution >= 0.6 is 0 Å². The molecule has 1 heterocycles. The molecule has 3 heteroatoms. The lowest BCUT2D eigenvalue weighted by Crippen LogP contribution is -2.25. The fraction of sp³-hybridized carbons (Fsp3) is 0.615. The van der Waals surface area contributed by atoms with Gasteiger partial charge in [-0.15, -0.1) is 0 Å². The van der Waals surface area contributed by atoms with E-state index >= 15 is 0 Å². The largest absolute Gasteiger partial charge is 0.310 e. The zero-order valence-electron chi connectivity index (χ0n) is 10.8. The Bertz CT molecular complexity index is 310. The first-order valence-electron chi connectivity index (χ1n) is 5.93. The van der Waals surface area contributed by atoms with Crippen molar-refractivity contribution in [2.24, 2.45) is 0 Å². The van der Waals surface area contributed by atoms with Crippen molar-refractivity contribution < 1.29 is 0 Å². The quantitative estimate of drug-likeness (QED) is 0.796. The highest BCUT2D eigenvalue weighted by Crippen LogP contribution is 2.16. The van der Waals surface area contributed by atoms with Gasteiger partial charge in [0, 0.05) is 18.4 Å². The fourth-order valence-corrected chi connectivity index (χ4v) is 1.79. The molecule has 1 aromatic heterocycles. The Labute approximate surface area is 98.9 Å². The molecule has 0 saturated heterocycles. The average molecular weight is 221 g/mol. The summed E-state index contributed by atoms with van der Waals surface area (Å²) < 4.78 is 0. The molecule has 1 N–H and O–H groups in total. The van der Waals surface area contributed by atoms with Crippen molar-refractivity contribution in [3.63, 3.8) is 0 Å². The standard InChI is InChI=1S/C13H23N3/c1-5-15-13(6-7-16(3)4)12-8-11(2)9-14-10-12/h8-10,13,15H,5-7H2,1-4H3. The van der Waals surface area contributed by atoms with Crippen molar-refractivity contribution in [2.75, 3.05) is 27.2 Å². The van der Waals surface area contributed by atoms with Crippen LogP contribution in [0, 0.1) is 6.92 Å². The van der Waals surface area contributed by atoms with Crippen LogP contribution in [0.1, 0.15) is 30.5 Å². The van der Waals surface area contributed by atoms with Crippen LogP contribution < -0.4 is 5.32 Å². The molecule has 0 aliphatic heterocycles. The Morgan fingerprint density at radius 2 is 2.12 bits per heavy atom. The lowest BCUT2D eigenvalue weighted by molar-refractivity contribution is 0.363. The van der Waals surface area contributed by atoms with Crippen molar-refractivity contribution in [3.8, 4) is 0 Å². The molecule has 3 nitrogen and oxygen atoms in total. The van der Waals surface area contributed by atoms with E-state index in [-0.39, 0.29) is 0 Å². The molecule has 1 rings (SSSR count). The van der Waals surface area contributed by atoms with Gasteiger partial charge < -0.3 is 10.2 Å². The zero-order chi connectivity index (χ0) is 12.0. The number of nitrogens with zero attached hydrogens (tertiary/aromatic N) is 2. The normalized spacial score (nSPS) is 13.1. The summed E-state index contributed by atoms with van der Waals surface area (Å²) in [6, 6.07) is 2.63. The van der Waals surface area contributed by atoms with Gasteiger partial charge in [0.1, 0.15) is 0 Å². The van der Waals surface area contributed by atoms with Crippen LogP contribution in [0.15, 0.2) is 18.5 Å². The van der Waals surface area contributed by atoms with Gasteiger partial charge in [0.2, 0.25) is 0 Å². The Morgan fingerprint density at radius 3 is 2.69 bits per heavy atom. The minimum Gasteiger partial charge on any atom is -0.310 e. The molecule has 0 spiro atoms. The highest BCUT2D eigenvalue weighted by Gasteiger charge is 2.10. The van der Waals surface area contributed by atoms with Crippen LogP contribution in [0.25, 0.3) is 0 Å². The van der Waals surface area contributed by atoms with E-state index in [0.29, 0.717) is 6.04 Å². The lowest BCUT2D eigenvalue weighted by atomic mass is 10.0. The third-order valence-electron chi connectivity index (χ3n) is 2.61. The summed E-state index contributed by atoms with van der Waals surface area (Å²) in [4.78, 5) is 6.48. The molecule has 16 heavy (non-hydrogen) atoms. The smallest absolute Gasteiger partial charge is 0.0347 e. The average Bonchev–Trinajstić information content (AvgIpc) is 2.24. The molecular formula is C13H23N3. The first-order valence-corrected chi connectivity index (χ1v) is 5.93. The molecule has 1 atom stereocenters. The Hall–Kier alpha value is -0.930. The third-order valence-corrected chi connectivity index (χ3v) is 2.61. The first-order chi connectivity index (χ1) is 7.63. The molecule has 0 aromatic carbocycles. The second-order valence-electron chi connectivity index (χ2n) is 4.50. The first kappa shape index (κ1) is 13.1. The molecule has 90 valence electrons. The minimum atomic E-state index is 0.416. The second-order valence-corrected chi connectivity index (χ2v) is 4.50. The van der Waals surface area contributed by atoms with Crippen LogP contribution in [-0.2, 0) is 0 Å². The Balaban J connectivity index is 2.68. The van der Waals surface area contributed by atoms with Gasteiger partial charge in [-0.1, -0.05) is 13.0 Å². The molecule has 1 aromatic rings. The molecule has 0 saturated carbocycles. The Kier molecular flexibility index (Phi) is 5.43. The van der Waals surface area contributed by atoms with Gasteiger partial charge in [-0.3, -0.25) is 4.98 Å². The monoisotopic (exact) mass is 221 g/mol. The van der Waals surface area contributed by atoms with Crippen LogP contribution in [0.2, 0.25) is 0 Å². The van der Waals surface area contributed by atoms with Crippen molar-refractivity contribution in [1.29, 1.82) is 0 Å². The third kappa shape index (κ3) is 4.29. The maximum atomic E-state index is 4.26. The molecule has 0 bridgehead atoms. The molecule has 1 unspecified atom stereocenters. The molecule has 0 aliphatic rings. The summed E-state index contributed by atoms with van der Waals surface area (Å²) in [5.74, 6) is 0. The van der Waals surface area contributed by atoms with Crippen molar-refractivity contribution in [1.82, 2.24) is 15.2 Å². The number of nitrogens with one attached hydrogen (secondary N) is 1. The van der Waals surface area contributed by atoms with E-state index in [4.69, 9.17) is 0 Å². The molecule has 0 aliphatic carbocycles. The van der Waals surface area contributed by atoms with E-state index in [2.05, 4.69) is 49.2 Å². The highest BCUT2D eigenvalue weighted by atomic mass is 15.1. The van der Waals surface area contributed by atoms with E-state index in [1.807, 2.05) is 12.4 Å². The molecule has 0 fully saturated rings. The SMILES string of the molecule is CCNC(CCN(C)C)c1cncc(C)c1. The number of hydrogen-bond acceptors (Lipinski definition) is 3. The van der Waals surface area contributed by atoms with Crippen molar-refractivity contribution in [2.45, 2.75) is 26.3 Å². The van der Waals surface area contributed by atoms with E-state index in [0.717, 1.165) is 19.5 Å². The lowest BCUT2D eigenvalue weighted by Gasteiger charge is -2.20. The highest BCUT2D eigenvalue weighted by molar-refractivity contribution is 5.20. The maximum Gasteiger partial charge on any atom is 0.0347 e. The van der Waals surface area contributed by atoms with Gasteiger partial charge in [-0.25, -0.2) is 0 Å². The van der Waals surface area contributed by atoms with E-state index in [1.165, 1.54) is 11.1 Å². The van der Waals surface area contributed by atoms with E-state index in [9.17, 15) is 0 Å². The summed E-state index contributed by atoms with van der Waals surface area (Å²) >= 11 is 0. The number of aromatic nitrogens is 1. The molecule has 0 radical (unpaired) electrons. The van der Waals surface area contributed by atoms with Gasteiger partial charge in [0.15, 0.2) is 0 Å². The van der Waals surface area contributed by atoms with Crippen LogP contribution in [0.3, 0.4) is 0 Å². The molecule has 0 amide bonds. The van der Waals surface area contributed by atoms with Crippen molar-refractivity contribution >= 4 is 0 Å². The van der Waals surface area contributed by atoms with Gasteiger partial charge in [-0.05, 0) is 51.7 Å². The Morgan fingerprint density at radius 1 is 1.38 bits per heavy atom. The van der Waals surface area contributed by atoms with Crippen LogP contribution in [0.4, 0.5) is 0 Å². The van der Waals surface area contributed by atoms with E-state index < -0.39 is 0 Å². The van der Waals surface area contributed by atoms with Crippen LogP contribution in [0.5, 0.6) is 0 Å². The minimum absolute atomic E-state index is 0.416. The van der Waals surface area contributed by atoms with Gasteiger partial charge in [0.05, 0.1) is 0 Å². The summed E-state index contributed by atoms with van der Waals surface area (Å²) in [5.41, 5.74) is 2.52.